The Kier molecular flexibility index (Phi) is 6.42. The van der Waals surface area contributed by atoms with Gasteiger partial charge in [0.1, 0.15) is 0 Å². The Bertz CT molecular complexity index is 890. The first-order chi connectivity index (χ1) is 13.5. The first kappa shape index (κ1) is 19.6. The predicted molar refractivity (Wildman–Crippen MR) is 107 cm³/mol. The highest BCUT2D eigenvalue weighted by atomic mass is 32.2. The number of benzene rings is 1. The van der Waals surface area contributed by atoms with E-state index in [9.17, 15) is 14.9 Å². The van der Waals surface area contributed by atoms with Crippen molar-refractivity contribution in [3.05, 3.63) is 34.4 Å². The molecule has 1 amide bonds. The number of hydrogen-bond donors (Lipinski definition) is 3. The summed E-state index contributed by atoms with van der Waals surface area (Å²) in [5.41, 5.74) is 4.16. The van der Waals surface area contributed by atoms with E-state index in [1.165, 1.54) is 29.3 Å². The van der Waals surface area contributed by atoms with E-state index in [4.69, 9.17) is 5.84 Å². The normalized spacial score (nSPS) is 13.8. The van der Waals surface area contributed by atoms with Crippen molar-refractivity contribution in [2.75, 3.05) is 22.3 Å². The summed E-state index contributed by atoms with van der Waals surface area (Å²) in [5.74, 6) is 5.91. The van der Waals surface area contributed by atoms with Crippen LogP contribution in [0, 0.1) is 10.1 Å². The Morgan fingerprint density at radius 1 is 1.32 bits per heavy atom. The number of anilines is 2. The van der Waals surface area contributed by atoms with Gasteiger partial charge < -0.3 is 11.2 Å². The number of hydrazone groups is 1. The number of hydrogen-bond acceptors (Lipinski definition) is 9. The smallest absolute Gasteiger partial charge is 0.271 e. The molecule has 12 heteroatoms. The number of non-ortho nitro benzene ring substituents is 1. The molecule has 2 aromatic rings. The third kappa shape index (κ3) is 5.19. The van der Waals surface area contributed by atoms with E-state index in [0.717, 1.165) is 43.2 Å². The molecule has 1 aliphatic rings. The van der Waals surface area contributed by atoms with Crippen LogP contribution in [0.4, 0.5) is 17.3 Å². The zero-order chi connectivity index (χ0) is 19.9. The summed E-state index contributed by atoms with van der Waals surface area (Å²) in [4.78, 5) is 22.3. The molecule has 3 rings (SSSR count). The standard InChI is InChI=1S/C16H20N8O3S/c17-23-15(20-19-11-5-2-1-3-6-11)21-22-16(23)28-10-14(25)18-12-7-4-8-13(9-12)24(26)27/h4,7-9H,1-3,5-6,10,17H2,(H,18,25)(H,20,21). The van der Waals surface area contributed by atoms with E-state index >= 15 is 0 Å². The summed E-state index contributed by atoms with van der Waals surface area (Å²) in [7, 11) is 0. The number of nitro groups is 1. The van der Waals surface area contributed by atoms with Gasteiger partial charge in [0.2, 0.25) is 11.1 Å². The van der Waals surface area contributed by atoms with Crippen molar-refractivity contribution in [3.63, 3.8) is 0 Å². The molecule has 1 aromatic carbocycles. The second kappa shape index (κ2) is 9.17. The number of nitro benzene ring substituents is 1. The van der Waals surface area contributed by atoms with Gasteiger partial charge in [-0.3, -0.25) is 14.9 Å². The monoisotopic (exact) mass is 404 g/mol. The van der Waals surface area contributed by atoms with Crippen LogP contribution in [0.15, 0.2) is 34.5 Å². The number of nitrogens with zero attached hydrogens (tertiary/aromatic N) is 5. The minimum absolute atomic E-state index is 0.0204. The van der Waals surface area contributed by atoms with Crippen LogP contribution in [0.25, 0.3) is 0 Å². The fourth-order valence-corrected chi connectivity index (χ4v) is 3.33. The van der Waals surface area contributed by atoms with Gasteiger partial charge in [-0.15, -0.1) is 10.2 Å². The zero-order valence-corrected chi connectivity index (χ0v) is 15.8. The topological polar surface area (TPSA) is 153 Å². The number of rotatable bonds is 7. The average molecular weight is 404 g/mol. The van der Waals surface area contributed by atoms with Crippen LogP contribution < -0.4 is 16.6 Å². The summed E-state index contributed by atoms with van der Waals surface area (Å²) >= 11 is 1.10. The quantitative estimate of drug-likeness (QED) is 0.275. The van der Waals surface area contributed by atoms with E-state index in [0.29, 0.717) is 16.8 Å². The molecule has 0 spiro atoms. The zero-order valence-electron chi connectivity index (χ0n) is 15.0. The summed E-state index contributed by atoms with van der Waals surface area (Å²) < 4.78 is 1.23. The lowest BCUT2D eigenvalue weighted by Crippen LogP contribution is -2.17. The van der Waals surface area contributed by atoms with E-state index in [1.54, 1.807) is 6.07 Å². The van der Waals surface area contributed by atoms with Crippen LogP contribution in [-0.2, 0) is 4.79 Å². The molecule has 1 aliphatic carbocycles. The lowest BCUT2D eigenvalue weighted by molar-refractivity contribution is -0.384. The Hall–Kier alpha value is -3.15. The Morgan fingerprint density at radius 3 is 2.86 bits per heavy atom. The number of nitrogen functional groups attached to an aromatic ring is 1. The van der Waals surface area contributed by atoms with E-state index < -0.39 is 4.92 Å². The second-order valence-electron chi connectivity index (χ2n) is 6.17. The molecule has 0 saturated heterocycles. The number of nitrogens with one attached hydrogen (secondary N) is 2. The van der Waals surface area contributed by atoms with Gasteiger partial charge in [-0.05, 0) is 31.7 Å². The largest absolute Gasteiger partial charge is 0.334 e. The second-order valence-corrected chi connectivity index (χ2v) is 7.11. The molecule has 0 atom stereocenters. The van der Waals surface area contributed by atoms with Crippen molar-refractivity contribution < 1.29 is 9.72 Å². The number of thioether (sulfide) groups is 1. The van der Waals surface area contributed by atoms with Gasteiger partial charge in [0, 0.05) is 23.5 Å². The number of aromatic nitrogens is 3. The number of nitrogens with two attached hydrogens (primary N) is 1. The minimum atomic E-state index is -0.521. The predicted octanol–water partition coefficient (Wildman–Crippen LogP) is 2.36. The molecule has 0 radical (unpaired) electrons. The molecule has 0 unspecified atom stereocenters. The van der Waals surface area contributed by atoms with Crippen molar-refractivity contribution in [2.24, 2.45) is 5.10 Å². The van der Waals surface area contributed by atoms with Crippen LogP contribution in [0.2, 0.25) is 0 Å². The van der Waals surface area contributed by atoms with Crippen LogP contribution in [0.5, 0.6) is 0 Å². The van der Waals surface area contributed by atoms with E-state index in [-0.39, 0.29) is 17.3 Å². The maximum atomic E-state index is 12.1. The molecule has 1 aromatic heterocycles. The molecule has 28 heavy (non-hydrogen) atoms. The molecular weight excluding hydrogens is 384 g/mol. The molecule has 0 aliphatic heterocycles. The molecule has 1 heterocycles. The Morgan fingerprint density at radius 2 is 2.11 bits per heavy atom. The molecule has 0 bridgehead atoms. The molecule has 148 valence electrons. The summed E-state index contributed by atoms with van der Waals surface area (Å²) in [6, 6.07) is 5.73. The highest BCUT2D eigenvalue weighted by Gasteiger charge is 2.14. The van der Waals surface area contributed by atoms with Gasteiger partial charge in [-0.2, -0.15) is 5.10 Å². The first-order valence-corrected chi connectivity index (χ1v) is 9.70. The lowest BCUT2D eigenvalue weighted by Gasteiger charge is -2.12. The van der Waals surface area contributed by atoms with Gasteiger partial charge in [0.05, 0.1) is 10.7 Å². The number of carbonyl (C=O) groups is 1. The van der Waals surface area contributed by atoms with Gasteiger partial charge in [0.15, 0.2) is 0 Å². The highest BCUT2D eigenvalue weighted by molar-refractivity contribution is 7.99. The van der Waals surface area contributed by atoms with Crippen LogP contribution in [0.1, 0.15) is 32.1 Å². The van der Waals surface area contributed by atoms with Crippen LogP contribution >= 0.6 is 11.8 Å². The Labute approximate surface area is 164 Å². The third-order valence-corrected chi connectivity index (χ3v) is 5.03. The van der Waals surface area contributed by atoms with Gasteiger partial charge in [0.25, 0.3) is 11.6 Å². The van der Waals surface area contributed by atoms with Gasteiger partial charge >= 0.3 is 0 Å². The Balaban J connectivity index is 1.53. The summed E-state index contributed by atoms with van der Waals surface area (Å²) in [5, 5.41) is 25.9. The first-order valence-electron chi connectivity index (χ1n) is 8.72. The van der Waals surface area contributed by atoms with Crippen molar-refractivity contribution in [1.29, 1.82) is 0 Å². The highest BCUT2D eigenvalue weighted by Crippen LogP contribution is 2.20. The van der Waals surface area contributed by atoms with Crippen LogP contribution in [-0.4, -0.2) is 37.2 Å². The minimum Gasteiger partial charge on any atom is -0.334 e. The van der Waals surface area contributed by atoms with Gasteiger partial charge in [-0.25, -0.2) is 10.1 Å². The molecule has 1 saturated carbocycles. The number of amides is 1. The van der Waals surface area contributed by atoms with Crippen molar-refractivity contribution in [1.82, 2.24) is 14.9 Å². The fourth-order valence-electron chi connectivity index (χ4n) is 2.68. The maximum Gasteiger partial charge on any atom is 0.271 e. The number of carbonyl (C=O) groups excluding carboxylic acids is 1. The maximum absolute atomic E-state index is 12.1. The molecule has 4 N–H and O–H groups in total. The van der Waals surface area contributed by atoms with E-state index in [1.807, 2.05) is 0 Å². The fraction of sp³-hybridized carbons (Fsp3) is 0.375. The van der Waals surface area contributed by atoms with Crippen LogP contribution in [0.3, 0.4) is 0 Å². The van der Waals surface area contributed by atoms with Gasteiger partial charge in [-0.1, -0.05) is 24.2 Å². The molecule has 1 fully saturated rings. The lowest BCUT2D eigenvalue weighted by atomic mass is 9.99. The average Bonchev–Trinajstić information content (AvgIpc) is 3.05. The SMILES string of the molecule is Nn1c(NN=C2CCCCC2)nnc1SCC(=O)Nc1cccc([N+](=O)[O-])c1. The summed E-state index contributed by atoms with van der Waals surface area (Å²) in [6.45, 7) is 0. The van der Waals surface area contributed by atoms with E-state index in [2.05, 4.69) is 26.0 Å². The summed E-state index contributed by atoms with van der Waals surface area (Å²) in [6.07, 6.45) is 5.43. The van der Waals surface area contributed by atoms with Crippen molar-refractivity contribution in [3.8, 4) is 0 Å². The third-order valence-electron chi connectivity index (χ3n) is 4.08. The molecular formula is C16H20N8O3S. The molecule has 11 nitrogen and oxygen atoms in total. The van der Waals surface area contributed by atoms with Crippen molar-refractivity contribution in [2.45, 2.75) is 37.3 Å². The van der Waals surface area contributed by atoms with Crippen molar-refractivity contribution >= 4 is 40.7 Å².